The van der Waals surface area contributed by atoms with Crippen LogP contribution in [0.3, 0.4) is 0 Å². The van der Waals surface area contributed by atoms with Crippen LogP contribution in [0.25, 0.3) is 0 Å². The summed E-state index contributed by atoms with van der Waals surface area (Å²) in [5.41, 5.74) is -0.692. The Morgan fingerprint density at radius 1 is 1.45 bits per heavy atom. The molecule has 130 valence electrons. The Bertz CT molecular complexity index is 377. The van der Waals surface area contributed by atoms with E-state index < -0.39 is 17.8 Å². The van der Waals surface area contributed by atoms with Crippen molar-refractivity contribution in [3.05, 3.63) is 0 Å². The average Bonchev–Trinajstić information content (AvgIpc) is 2.33. The zero-order valence-electron chi connectivity index (χ0n) is 14.7. The molecule has 1 amide bonds. The second kappa shape index (κ2) is 7.15. The van der Waals surface area contributed by atoms with Crippen LogP contribution in [0, 0.1) is 5.41 Å². The van der Waals surface area contributed by atoms with E-state index in [2.05, 4.69) is 5.32 Å². The second-order valence-electron chi connectivity index (χ2n) is 7.85. The maximum atomic E-state index is 12.2. The molecule has 1 rings (SSSR count). The van der Waals surface area contributed by atoms with E-state index in [0.29, 0.717) is 13.1 Å². The van der Waals surface area contributed by atoms with E-state index in [9.17, 15) is 15.0 Å². The van der Waals surface area contributed by atoms with Crippen LogP contribution in [0.1, 0.15) is 48.0 Å². The quantitative estimate of drug-likeness (QED) is 0.689. The van der Waals surface area contributed by atoms with Crippen LogP contribution in [0.2, 0.25) is 0 Å². The van der Waals surface area contributed by atoms with Gasteiger partial charge in [0.25, 0.3) is 0 Å². The van der Waals surface area contributed by atoms with Crippen molar-refractivity contribution in [2.24, 2.45) is 5.41 Å². The smallest absolute Gasteiger partial charge is 0.410 e. The lowest BCUT2D eigenvalue weighted by atomic mass is 9.64. The van der Waals surface area contributed by atoms with Gasteiger partial charge < -0.3 is 25.2 Å². The molecule has 1 aliphatic rings. The van der Waals surface area contributed by atoms with Crippen LogP contribution in [-0.4, -0.2) is 64.7 Å². The van der Waals surface area contributed by atoms with Crippen LogP contribution in [0.4, 0.5) is 4.79 Å². The summed E-state index contributed by atoms with van der Waals surface area (Å²) in [7, 11) is 0. The van der Waals surface area contributed by atoms with Crippen molar-refractivity contribution in [3.63, 3.8) is 0 Å². The molecule has 0 aromatic rings. The third kappa shape index (κ3) is 5.41. The number of hydrogen-bond acceptors (Lipinski definition) is 5. The standard InChI is InChI=1S/C16H32N2O4/c1-11(19)10-18(14(21)22-15(2,3)4)8-7-17-12-9-13(20)16(12,5)6/h11-13,17,19-20H,7-10H2,1-6H3. The summed E-state index contributed by atoms with van der Waals surface area (Å²) in [4.78, 5) is 13.7. The monoisotopic (exact) mass is 316 g/mol. The highest BCUT2D eigenvalue weighted by atomic mass is 16.6. The summed E-state index contributed by atoms with van der Waals surface area (Å²) in [5, 5.41) is 22.7. The number of aliphatic hydroxyl groups is 2. The van der Waals surface area contributed by atoms with Gasteiger partial charge in [-0.15, -0.1) is 0 Å². The van der Waals surface area contributed by atoms with E-state index in [1.807, 2.05) is 34.6 Å². The fraction of sp³-hybridized carbons (Fsp3) is 0.938. The average molecular weight is 316 g/mol. The van der Waals surface area contributed by atoms with E-state index in [-0.39, 0.29) is 24.1 Å². The number of hydrogen-bond donors (Lipinski definition) is 3. The highest BCUT2D eigenvalue weighted by Gasteiger charge is 2.46. The number of carbonyl (C=O) groups excluding carboxylic acids is 1. The Morgan fingerprint density at radius 2 is 2.05 bits per heavy atom. The summed E-state index contributed by atoms with van der Waals surface area (Å²) in [6.07, 6.45) is -0.558. The Balaban J connectivity index is 2.47. The maximum Gasteiger partial charge on any atom is 0.410 e. The topological polar surface area (TPSA) is 82.0 Å². The fourth-order valence-electron chi connectivity index (χ4n) is 2.53. The second-order valence-corrected chi connectivity index (χ2v) is 7.85. The van der Waals surface area contributed by atoms with Crippen molar-refractivity contribution in [1.29, 1.82) is 0 Å². The van der Waals surface area contributed by atoms with E-state index in [0.717, 1.165) is 6.42 Å². The zero-order chi connectivity index (χ0) is 17.1. The van der Waals surface area contributed by atoms with Crippen LogP contribution in [-0.2, 0) is 4.74 Å². The van der Waals surface area contributed by atoms with Crippen molar-refractivity contribution < 1.29 is 19.7 Å². The summed E-state index contributed by atoms with van der Waals surface area (Å²) >= 11 is 0. The van der Waals surface area contributed by atoms with E-state index >= 15 is 0 Å². The van der Waals surface area contributed by atoms with Crippen LogP contribution in [0.5, 0.6) is 0 Å². The van der Waals surface area contributed by atoms with Crippen LogP contribution < -0.4 is 5.32 Å². The molecule has 0 radical (unpaired) electrons. The molecule has 1 saturated carbocycles. The molecule has 3 unspecified atom stereocenters. The van der Waals surface area contributed by atoms with Crippen molar-refractivity contribution >= 4 is 6.09 Å². The van der Waals surface area contributed by atoms with Gasteiger partial charge in [0.1, 0.15) is 5.60 Å². The van der Waals surface area contributed by atoms with Gasteiger partial charge in [-0.2, -0.15) is 0 Å². The van der Waals surface area contributed by atoms with Gasteiger partial charge in [0, 0.05) is 31.1 Å². The van der Waals surface area contributed by atoms with Gasteiger partial charge in [-0.25, -0.2) is 4.79 Å². The molecule has 0 spiro atoms. The molecule has 6 nitrogen and oxygen atoms in total. The van der Waals surface area contributed by atoms with Gasteiger partial charge in [-0.1, -0.05) is 13.8 Å². The number of carbonyl (C=O) groups is 1. The molecule has 0 aromatic heterocycles. The number of ether oxygens (including phenoxy) is 1. The molecule has 3 N–H and O–H groups in total. The molecule has 1 fully saturated rings. The van der Waals surface area contributed by atoms with Crippen molar-refractivity contribution in [1.82, 2.24) is 10.2 Å². The van der Waals surface area contributed by atoms with Crippen molar-refractivity contribution in [2.45, 2.75) is 71.8 Å². The van der Waals surface area contributed by atoms with Gasteiger partial charge in [-0.05, 0) is 34.1 Å². The first kappa shape index (κ1) is 19.2. The first-order chi connectivity index (χ1) is 9.93. The van der Waals surface area contributed by atoms with Gasteiger partial charge in [0.05, 0.1) is 12.2 Å². The van der Waals surface area contributed by atoms with Crippen molar-refractivity contribution in [2.75, 3.05) is 19.6 Å². The molecule has 1 aliphatic carbocycles. The Morgan fingerprint density at radius 3 is 2.45 bits per heavy atom. The highest BCUT2D eigenvalue weighted by Crippen LogP contribution is 2.40. The van der Waals surface area contributed by atoms with Crippen LogP contribution in [0.15, 0.2) is 0 Å². The van der Waals surface area contributed by atoms with Gasteiger partial charge in [-0.3, -0.25) is 0 Å². The van der Waals surface area contributed by atoms with E-state index in [4.69, 9.17) is 4.74 Å². The predicted molar refractivity (Wildman–Crippen MR) is 85.7 cm³/mol. The molecule has 0 bridgehead atoms. The third-order valence-corrected chi connectivity index (χ3v) is 4.12. The normalized spacial score (nSPS) is 25.3. The number of nitrogens with one attached hydrogen (secondary N) is 1. The lowest BCUT2D eigenvalue weighted by Crippen LogP contribution is -2.60. The van der Waals surface area contributed by atoms with Crippen LogP contribution >= 0.6 is 0 Å². The molecule has 0 saturated heterocycles. The Labute approximate surface area is 133 Å². The number of nitrogens with zero attached hydrogens (tertiary/aromatic N) is 1. The number of aliphatic hydroxyl groups excluding tert-OH is 2. The minimum atomic E-state index is -0.602. The molecule has 0 aromatic carbocycles. The Kier molecular flexibility index (Phi) is 6.24. The predicted octanol–water partition coefficient (Wildman–Crippen LogP) is 1.35. The Hall–Kier alpha value is -0.850. The molecule has 0 heterocycles. The van der Waals surface area contributed by atoms with Gasteiger partial charge >= 0.3 is 6.09 Å². The van der Waals surface area contributed by atoms with Gasteiger partial charge in [0.2, 0.25) is 0 Å². The summed E-state index contributed by atoms with van der Waals surface area (Å²) < 4.78 is 5.36. The summed E-state index contributed by atoms with van der Waals surface area (Å²) in [5.74, 6) is 0. The van der Waals surface area contributed by atoms with Crippen molar-refractivity contribution in [3.8, 4) is 0 Å². The van der Waals surface area contributed by atoms with Gasteiger partial charge in [0.15, 0.2) is 0 Å². The minimum Gasteiger partial charge on any atom is -0.444 e. The maximum absolute atomic E-state index is 12.2. The largest absolute Gasteiger partial charge is 0.444 e. The number of rotatable bonds is 6. The summed E-state index contributed by atoms with van der Waals surface area (Å²) in [6, 6.07) is 0.245. The fourth-order valence-corrected chi connectivity index (χ4v) is 2.53. The lowest BCUT2D eigenvalue weighted by Gasteiger charge is -2.49. The molecule has 3 atom stereocenters. The van der Waals surface area contributed by atoms with E-state index in [1.165, 1.54) is 4.90 Å². The summed E-state index contributed by atoms with van der Waals surface area (Å²) in [6.45, 7) is 12.5. The first-order valence-corrected chi connectivity index (χ1v) is 8.01. The zero-order valence-corrected chi connectivity index (χ0v) is 14.7. The molecular weight excluding hydrogens is 284 g/mol. The van der Waals surface area contributed by atoms with E-state index in [1.54, 1.807) is 6.92 Å². The SMILES string of the molecule is CC(O)CN(CCNC1CC(O)C1(C)C)C(=O)OC(C)(C)C. The third-order valence-electron chi connectivity index (χ3n) is 4.12. The molecular formula is C16H32N2O4. The number of amides is 1. The molecule has 0 aliphatic heterocycles. The first-order valence-electron chi connectivity index (χ1n) is 8.01. The minimum absolute atomic E-state index is 0.138. The lowest BCUT2D eigenvalue weighted by molar-refractivity contribution is -0.0728. The molecule has 6 heteroatoms. The highest BCUT2D eigenvalue weighted by molar-refractivity contribution is 5.68. The molecule has 22 heavy (non-hydrogen) atoms.